The number of amides is 1. The zero-order valence-corrected chi connectivity index (χ0v) is 16.7. The number of ether oxygens (including phenoxy) is 2. The third kappa shape index (κ3) is 5.03. The second-order valence-electron chi connectivity index (χ2n) is 6.45. The van der Waals surface area contributed by atoms with E-state index in [0.717, 1.165) is 5.56 Å². The number of carbonyl (C=O) groups is 2. The molecule has 0 aromatic heterocycles. The van der Waals surface area contributed by atoms with Gasteiger partial charge in [0.15, 0.2) is 15.0 Å². The van der Waals surface area contributed by atoms with Crippen LogP contribution in [-0.4, -0.2) is 78.6 Å². The van der Waals surface area contributed by atoms with E-state index in [9.17, 15) is 18.0 Å². The molecule has 1 aromatic rings. The number of nitrogens with zero attached hydrogens (tertiary/aromatic N) is 2. The molecule has 0 radical (unpaired) electrons. The van der Waals surface area contributed by atoms with Crippen molar-refractivity contribution < 1.29 is 32.6 Å². The van der Waals surface area contributed by atoms with Gasteiger partial charge in [0.05, 0.1) is 24.7 Å². The Hall–Kier alpha value is -2.11. The van der Waals surface area contributed by atoms with Crippen LogP contribution in [-0.2, 0) is 30.7 Å². The fourth-order valence-corrected chi connectivity index (χ4v) is 7.08. The molecular weight excluding hydrogens is 408 g/mol. The molecule has 3 rings (SSSR count). The summed E-state index contributed by atoms with van der Waals surface area (Å²) >= 11 is 1.27. The van der Waals surface area contributed by atoms with Crippen molar-refractivity contribution in [3.8, 4) is 5.75 Å². The molecule has 2 saturated heterocycles. The van der Waals surface area contributed by atoms with Gasteiger partial charge in [-0.15, -0.1) is 0 Å². The van der Waals surface area contributed by atoms with Gasteiger partial charge in [-0.1, -0.05) is 23.9 Å². The monoisotopic (exact) mass is 428 g/mol. The number of carboxylic acids is 1. The fourth-order valence-electron chi connectivity index (χ4n) is 3.11. The van der Waals surface area contributed by atoms with E-state index in [1.165, 1.54) is 11.8 Å². The molecule has 0 aliphatic carbocycles. The molecule has 0 saturated carbocycles. The zero-order valence-electron chi connectivity index (χ0n) is 15.1. The van der Waals surface area contributed by atoms with Gasteiger partial charge in [0.1, 0.15) is 19.0 Å². The average Bonchev–Trinajstić information content (AvgIpc) is 3.07. The molecule has 1 N–H and O–H groups in total. The van der Waals surface area contributed by atoms with Gasteiger partial charge in [0.2, 0.25) is 0 Å². The van der Waals surface area contributed by atoms with E-state index in [4.69, 9.17) is 14.6 Å². The number of hydrogen-bond acceptors (Lipinski definition) is 7. The molecule has 0 bridgehead atoms. The lowest BCUT2D eigenvalue weighted by molar-refractivity contribution is -0.143. The predicted molar refractivity (Wildman–Crippen MR) is 103 cm³/mol. The van der Waals surface area contributed by atoms with Crippen molar-refractivity contribution in [1.29, 1.82) is 0 Å². The second-order valence-corrected chi connectivity index (χ2v) is 9.81. The van der Waals surface area contributed by atoms with Gasteiger partial charge in [-0.05, 0) is 17.7 Å². The van der Waals surface area contributed by atoms with Crippen molar-refractivity contribution in [2.45, 2.75) is 17.8 Å². The van der Waals surface area contributed by atoms with Gasteiger partial charge >= 0.3 is 5.97 Å². The standard InChI is InChI=1S/C17H20N2O7S2/c1-25-12-4-2-11(3-5-12)6-19-13-9-28(23,24)10-14(13)27-17(19)18-15(20)7-26-8-16(21)22/h2-5,13-14H,6-10H2,1H3,(H,21,22)/t13-,14+/m0/s1. The summed E-state index contributed by atoms with van der Waals surface area (Å²) in [6.07, 6.45) is 0. The molecule has 152 valence electrons. The summed E-state index contributed by atoms with van der Waals surface area (Å²) in [6.45, 7) is -0.626. The van der Waals surface area contributed by atoms with Crippen molar-refractivity contribution in [3.05, 3.63) is 29.8 Å². The number of sulfone groups is 1. The van der Waals surface area contributed by atoms with E-state index in [2.05, 4.69) is 4.99 Å². The van der Waals surface area contributed by atoms with Crippen LogP contribution < -0.4 is 4.74 Å². The molecule has 2 aliphatic rings. The lowest BCUT2D eigenvalue weighted by Gasteiger charge is -2.24. The number of hydrogen-bond donors (Lipinski definition) is 1. The zero-order chi connectivity index (χ0) is 20.3. The van der Waals surface area contributed by atoms with Crippen LogP contribution in [0, 0.1) is 0 Å². The molecule has 2 aliphatic heterocycles. The average molecular weight is 428 g/mol. The molecule has 9 nitrogen and oxygen atoms in total. The van der Waals surface area contributed by atoms with Gasteiger partial charge in [-0.2, -0.15) is 4.99 Å². The van der Waals surface area contributed by atoms with Crippen LogP contribution in [0.5, 0.6) is 5.75 Å². The summed E-state index contributed by atoms with van der Waals surface area (Å²) < 4.78 is 34.0. The largest absolute Gasteiger partial charge is 0.497 e. The quantitative estimate of drug-likeness (QED) is 0.657. The Labute approximate surface area is 166 Å². The van der Waals surface area contributed by atoms with Gasteiger partial charge < -0.3 is 19.5 Å². The molecule has 0 spiro atoms. The molecule has 28 heavy (non-hydrogen) atoms. The van der Waals surface area contributed by atoms with Crippen LogP contribution in [0.4, 0.5) is 0 Å². The Bertz CT molecular complexity index is 883. The van der Waals surface area contributed by atoms with Gasteiger partial charge in [-0.25, -0.2) is 13.2 Å². The lowest BCUT2D eigenvalue weighted by atomic mass is 10.1. The summed E-state index contributed by atoms with van der Waals surface area (Å²) in [6, 6.07) is 7.10. The van der Waals surface area contributed by atoms with E-state index >= 15 is 0 Å². The third-order valence-corrected chi connectivity index (χ3v) is 7.61. The maximum atomic E-state index is 12.0. The number of thioether (sulfide) groups is 1. The highest BCUT2D eigenvalue weighted by molar-refractivity contribution is 8.15. The Balaban J connectivity index is 1.76. The van der Waals surface area contributed by atoms with Crippen molar-refractivity contribution in [2.24, 2.45) is 4.99 Å². The van der Waals surface area contributed by atoms with Crippen molar-refractivity contribution in [2.75, 3.05) is 31.8 Å². The summed E-state index contributed by atoms with van der Waals surface area (Å²) in [5.41, 5.74) is 0.925. The molecule has 1 aromatic carbocycles. The summed E-state index contributed by atoms with van der Waals surface area (Å²) in [5, 5.41) is 8.81. The molecule has 0 unspecified atom stereocenters. The van der Waals surface area contributed by atoms with E-state index < -0.39 is 34.9 Å². The maximum absolute atomic E-state index is 12.0. The summed E-state index contributed by atoms with van der Waals surface area (Å²) in [7, 11) is -1.56. The van der Waals surface area contributed by atoms with Crippen molar-refractivity contribution in [1.82, 2.24) is 4.90 Å². The highest BCUT2D eigenvalue weighted by Gasteiger charge is 2.48. The second kappa shape index (κ2) is 8.50. The minimum absolute atomic E-state index is 0.0174. The minimum atomic E-state index is -3.13. The van der Waals surface area contributed by atoms with Crippen LogP contribution in [0.2, 0.25) is 0 Å². The number of amidine groups is 1. The molecule has 2 atom stereocenters. The highest BCUT2D eigenvalue weighted by atomic mass is 32.2. The minimum Gasteiger partial charge on any atom is -0.497 e. The van der Waals surface area contributed by atoms with E-state index in [1.807, 2.05) is 29.2 Å². The van der Waals surface area contributed by atoms with Gasteiger partial charge in [0.25, 0.3) is 5.91 Å². The first kappa shape index (κ1) is 20.6. The lowest BCUT2D eigenvalue weighted by Crippen LogP contribution is -2.37. The first-order valence-corrected chi connectivity index (χ1v) is 11.2. The summed E-state index contributed by atoms with van der Waals surface area (Å²) in [4.78, 5) is 28.4. The maximum Gasteiger partial charge on any atom is 0.329 e. The topological polar surface area (TPSA) is 123 Å². The van der Waals surface area contributed by atoms with E-state index in [1.54, 1.807) is 7.11 Å². The number of methoxy groups -OCH3 is 1. The van der Waals surface area contributed by atoms with Crippen LogP contribution >= 0.6 is 11.8 Å². The van der Waals surface area contributed by atoms with Crippen molar-refractivity contribution in [3.63, 3.8) is 0 Å². The fraction of sp³-hybridized carbons (Fsp3) is 0.471. The van der Waals surface area contributed by atoms with Crippen LogP contribution in [0.1, 0.15) is 5.56 Å². The smallest absolute Gasteiger partial charge is 0.329 e. The van der Waals surface area contributed by atoms with Crippen LogP contribution in [0.15, 0.2) is 29.3 Å². The Morgan fingerprint density at radius 1 is 1.25 bits per heavy atom. The predicted octanol–water partition coefficient (Wildman–Crippen LogP) is 0.393. The molecule has 2 fully saturated rings. The number of carboxylic acid groups (broad SMARTS) is 1. The van der Waals surface area contributed by atoms with E-state index in [-0.39, 0.29) is 22.8 Å². The van der Waals surface area contributed by atoms with Gasteiger partial charge in [-0.3, -0.25) is 4.79 Å². The number of rotatable bonds is 7. The number of aliphatic imine (C=N–C) groups is 1. The SMILES string of the molecule is COc1ccc(CN2C(=NC(=O)COCC(=O)O)S[C@@H]3CS(=O)(=O)C[C@@H]32)cc1. The first-order chi connectivity index (χ1) is 13.3. The molecule has 11 heteroatoms. The number of carbonyl (C=O) groups excluding carboxylic acids is 1. The van der Waals surface area contributed by atoms with Crippen LogP contribution in [0.25, 0.3) is 0 Å². The van der Waals surface area contributed by atoms with Crippen molar-refractivity contribution >= 4 is 38.6 Å². The summed E-state index contributed by atoms with van der Waals surface area (Å²) in [5.74, 6) is -1.00. The Morgan fingerprint density at radius 3 is 2.61 bits per heavy atom. The first-order valence-electron chi connectivity index (χ1n) is 8.45. The normalized spacial score (nSPS) is 24.3. The van der Waals surface area contributed by atoms with Crippen LogP contribution in [0.3, 0.4) is 0 Å². The molecule has 1 amide bonds. The highest BCUT2D eigenvalue weighted by Crippen LogP contribution is 2.39. The number of benzene rings is 1. The Kier molecular flexibility index (Phi) is 6.26. The number of aliphatic carboxylic acids is 1. The molecule has 2 heterocycles. The van der Waals surface area contributed by atoms with E-state index in [0.29, 0.717) is 17.5 Å². The Morgan fingerprint density at radius 2 is 1.96 bits per heavy atom. The third-order valence-electron chi connectivity index (χ3n) is 4.36. The number of fused-ring (bicyclic) bond motifs is 1. The van der Waals surface area contributed by atoms with Gasteiger partial charge in [0, 0.05) is 11.8 Å². The molecular formula is C17H20N2O7S2.